The molecule has 8 heteroatoms. The van der Waals surface area contributed by atoms with Crippen molar-refractivity contribution < 1.29 is 18.3 Å². The normalized spacial score (nSPS) is 13.7. The first-order valence-corrected chi connectivity index (χ1v) is 7.06. The Morgan fingerprint density at radius 2 is 2.10 bits per heavy atom. The highest BCUT2D eigenvalue weighted by Crippen LogP contribution is 2.27. The summed E-state index contributed by atoms with van der Waals surface area (Å²) in [6.07, 6.45) is -0.618. The summed E-state index contributed by atoms with van der Waals surface area (Å²) in [7, 11) is 0. The van der Waals surface area contributed by atoms with E-state index in [1.807, 2.05) is 0 Å². The van der Waals surface area contributed by atoms with Crippen molar-refractivity contribution in [3.8, 4) is 5.75 Å². The van der Waals surface area contributed by atoms with Crippen LogP contribution in [0.4, 0.5) is 4.39 Å². The number of halogens is 1. The molecule has 0 bridgehead atoms. The number of nitrogens with zero attached hydrogens (tertiary/aromatic N) is 2. The van der Waals surface area contributed by atoms with E-state index in [2.05, 4.69) is 10.2 Å². The highest BCUT2D eigenvalue weighted by atomic mass is 32.2. The lowest BCUT2D eigenvalue weighted by Crippen LogP contribution is -2.22. The topological polar surface area (TPSA) is 91.2 Å². The van der Waals surface area contributed by atoms with E-state index in [1.165, 1.54) is 12.1 Å². The number of primary amides is 1. The molecular formula is C13H14FN3O3S. The molecule has 1 amide bonds. The van der Waals surface area contributed by atoms with Gasteiger partial charge in [0.1, 0.15) is 0 Å². The Hall–Kier alpha value is -2.09. The smallest absolute Gasteiger partial charge is 0.277 e. The number of thioether (sulfide) groups is 1. The van der Waals surface area contributed by atoms with Crippen molar-refractivity contribution in [1.82, 2.24) is 10.2 Å². The van der Waals surface area contributed by atoms with Crippen LogP contribution in [0.1, 0.15) is 25.8 Å². The zero-order chi connectivity index (χ0) is 15.4. The minimum absolute atomic E-state index is 0.0999. The largest absolute Gasteiger partial charge is 0.478 e. The van der Waals surface area contributed by atoms with Crippen molar-refractivity contribution in [2.75, 3.05) is 0 Å². The van der Waals surface area contributed by atoms with Crippen LogP contribution >= 0.6 is 11.8 Å². The molecule has 0 aliphatic rings. The summed E-state index contributed by atoms with van der Waals surface area (Å²) in [6, 6.07) is 6.03. The van der Waals surface area contributed by atoms with Crippen molar-refractivity contribution in [3.63, 3.8) is 0 Å². The molecule has 1 heterocycles. The number of benzene rings is 1. The predicted octanol–water partition coefficient (Wildman–Crippen LogP) is 2.31. The van der Waals surface area contributed by atoms with E-state index in [-0.39, 0.29) is 16.9 Å². The van der Waals surface area contributed by atoms with Crippen molar-refractivity contribution in [2.24, 2.45) is 5.73 Å². The molecule has 0 spiro atoms. The Balaban J connectivity index is 2.04. The first kappa shape index (κ1) is 15.3. The number of aromatic nitrogens is 2. The van der Waals surface area contributed by atoms with Crippen LogP contribution in [-0.4, -0.2) is 21.4 Å². The number of amides is 1. The van der Waals surface area contributed by atoms with Crippen molar-refractivity contribution in [1.29, 1.82) is 0 Å². The van der Waals surface area contributed by atoms with E-state index < -0.39 is 23.1 Å². The molecule has 2 aromatic rings. The van der Waals surface area contributed by atoms with Crippen LogP contribution in [-0.2, 0) is 4.79 Å². The molecule has 0 fully saturated rings. The lowest BCUT2D eigenvalue weighted by atomic mass is 10.3. The van der Waals surface area contributed by atoms with Gasteiger partial charge >= 0.3 is 0 Å². The second kappa shape index (κ2) is 6.57. The number of ether oxygens (including phenoxy) is 1. The second-order valence-electron chi connectivity index (χ2n) is 4.26. The van der Waals surface area contributed by atoms with Gasteiger partial charge in [0, 0.05) is 0 Å². The van der Waals surface area contributed by atoms with Crippen LogP contribution in [0.5, 0.6) is 5.75 Å². The van der Waals surface area contributed by atoms with Gasteiger partial charge in [-0.2, -0.15) is 0 Å². The third kappa shape index (κ3) is 3.94. The summed E-state index contributed by atoms with van der Waals surface area (Å²) in [4.78, 5) is 11.0. The van der Waals surface area contributed by atoms with Gasteiger partial charge in [-0.1, -0.05) is 23.9 Å². The number of carbonyl (C=O) groups is 1. The molecule has 0 saturated heterocycles. The van der Waals surface area contributed by atoms with Crippen LogP contribution in [0.2, 0.25) is 0 Å². The Labute approximate surface area is 124 Å². The predicted molar refractivity (Wildman–Crippen MR) is 74.3 cm³/mol. The molecule has 1 aromatic heterocycles. The van der Waals surface area contributed by atoms with E-state index in [9.17, 15) is 9.18 Å². The molecule has 0 saturated carbocycles. The number of hydrogen-bond acceptors (Lipinski definition) is 6. The van der Waals surface area contributed by atoms with Gasteiger partial charge in [-0.25, -0.2) is 4.39 Å². The molecule has 2 rings (SSSR count). The SMILES string of the molecule is C[C@H](Oc1ccccc1F)c1nnc(S[C@H](C)C(N)=O)o1. The zero-order valence-corrected chi connectivity index (χ0v) is 12.3. The molecular weight excluding hydrogens is 297 g/mol. The standard InChI is InChI=1S/C13H14FN3O3S/c1-7(19-10-6-4-3-5-9(10)14)12-16-17-13(20-12)21-8(2)11(15)18/h3-8H,1-2H3,(H2,15,18)/t7-,8+/m0/s1. The minimum atomic E-state index is -0.618. The maximum absolute atomic E-state index is 13.5. The van der Waals surface area contributed by atoms with Crippen LogP contribution in [0.3, 0.4) is 0 Å². The van der Waals surface area contributed by atoms with Crippen molar-refractivity contribution in [2.45, 2.75) is 30.4 Å². The van der Waals surface area contributed by atoms with Gasteiger partial charge in [0.05, 0.1) is 5.25 Å². The van der Waals surface area contributed by atoms with Gasteiger partial charge in [0.15, 0.2) is 17.7 Å². The summed E-state index contributed by atoms with van der Waals surface area (Å²) in [5.74, 6) is -0.656. The van der Waals surface area contributed by atoms with Gasteiger partial charge < -0.3 is 14.9 Å². The third-order valence-electron chi connectivity index (χ3n) is 2.59. The average molecular weight is 311 g/mol. The number of nitrogens with two attached hydrogens (primary N) is 1. The zero-order valence-electron chi connectivity index (χ0n) is 11.4. The summed E-state index contributed by atoms with van der Waals surface area (Å²) >= 11 is 1.05. The number of carbonyl (C=O) groups excluding carboxylic acids is 1. The Bertz CT molecular complexity index is 635. The molecule has 1 aromatic carbocycles. The quantitative estimate of drug-likeness (QED) is 0.823. The monoisotopic (exact) mass is 311 g/mol. The summed E-state index contributed by atoms with van der Waals surface area (Å²) in [5, 5.41) is 7.33. The first-order valence-electron chi connectivity index (χ1n) is 6.18. The average Bonchev–Trinajstić information content (AvgIpc) is 2.89. The molecule has 2 N–H and O–H groups in total. The van der Waals surface area contributed by atoms with Crippen LogP contribution in [0.25, 0.3) is 0 Å². The number of rotatable bonds is 6. The fourth-order valence-electron chi connectivity index (χ4n) is 1.42. The van der Waals surface area contributed by atoms with E-state index in [0.717, 1.165) is 11.8 Å². The minimum Gasteiger partial charge on any atom is -0.478 e. The molecule has 0 aliphatic carbocycles. The Kier molecular flexibility index (Phi) is 4.79. The highest BCUT2D eigenvalue weighted by molar-refractivity contribution is 8.00. The summed E-state index contributed by atoms with van der Waals surface area (Å²) in [6.45, 7) is 3.29. The van der Waals surface area contributed by atoms with Gasteiger partial charge in [-0.15, -0.1) is 10.2 Å². The van der Waals surface area contributed by atoms with Crippen molar-refractivity contribution >= 4 is 17.7 Å². The molecule has 21 heavy (non-hydrogen) atoms. The van der Waals surface area contributed by atoms with Gasteiger partial charge in [0.2, 0.25) is 5.91 Å². The van der Waals surface area contributed by atoms with E-state index in [4.69, 9.17) is 14.9 Å². The van der Waals surface area contributed by atoms with Crippen LogP contribution < -0.4 is 10.5 Å². The number of para-hydroxylation sites is 1. The van der Waals surface area contributed by atoms with Crippen LogP contribution in [0.15, 0.2) is 33.9 Å². The lowest BCUT2D eigenvalue weighted by molar-refractivity contribution is -0.117. The Morgan fingerprint density at radius 1 is 1.38 bits per heavy atom. The van der Waals surface area contributed by atoms with Gasteiger partial charge in [0.25, 0.3) is 11.1 Å². The highest BCUT2D eigenvalue weighted by Gasteiger charge is 2.20. The lowest BCUT2D eigenvalue weighted by Gasteiger charge is -2.11. The fourth-order valence-corrected chi connectivity index (χ4v) is 2.06. The maximum atomic E-state index is 13.5. The van der Waals surface area contributed by atoms with E-state index in [0.29, 0.717) is 0 Å². The summed E-state index contributed by atoms with van der Waals surface area (Å²) in [5.41, 5.74) is 5.15. The second-order valence-corrected chi connectivity index (χ2v) is 5.55. The maximum Gasteiger partial charge on any atom is 0.277 e. The fraction of sp³-hybridized carbons (Fsp3) is 0.308. The molecule has 0 unspecified atom stereocenters. The van der Waals surface area contributed by atoms with Crippen LogP contribution in [0, 0.1) is 5.82 Å². The molecule has 6 nitrogen and oxygen atoms in total. The van der Waals surface area contributed by atoms with E-state index >= 15 is 0 Å². The number of hydrogen-bond donors (Lipinski definition) is 1. The summed E-state index contributed by atoms with van der Waals surface area (Å²) < 4.78 is 24.3. The molecule has 2 atom stereocenters. The first-order chi connectivity index (χ1) is 9.97. The van der Waals surface area contributed by atoms with E-state index in [1.54, 1.807) is 26.0 Å². The molecule has 0 radical (unpaired) electrons. The molecule has 112 valence electrons. The van der Waals surface area contributed by atoms with Gasteiger partial charge in [-0.05, 0) is 26.0 Å². The molecule has 0 aliphatic heterocycles. The Morgan fingerprint density at radius 3 is 2.76 bits per heavy atom. The van der Waals surface area contributed by atoms with Gasteiger partial charge in [-0.3, -0.25) is 4.79 Å². The van der Waals surface area contributed by atoms with Crippen molar-refractivity contribution in [3.05, 3.63) is 36.0 Å². The third-order valence-corrected chi connectivity index (χ3v) is 3.54.